The van der Waals surface area contributed by atoms with Gasteiger partial charge in [-0.1, -0.05) is 62.4 Å². The molecule has 0 aliphatic heterocycles. The van der Waals surface area contributed by atoms with Crippen LogP contribution in [0.3, 0.4) is 0 Å². The quantitative estimate of drug-likeness (QED) is 0.385. The van der Waals surface area contributed by atoms with E-state index in [-0.39, 0.29) is 11.5 Å². The summed E-state index contributed by atoms with van der Waals surface area (Å²) in [6.45, 7) is 2.05. The maximum atomic E-state index is 13.3. The lowest BCUT2D eigenvalue weighted by atomic mass is 9.85. The third kappa shape index (κ3) is 4.90. The first-order valence-electron chi connectivity index (χ1n) is 12.5. The second-order valence-electron chi connectivity index (χ2n) is 9.68. The normalized spacial score (nSPS) is 17.6. The summed E-state index contributed by atoms with van der Waals surface area (Å²) in [7, 11) is -3.90. The van der Waals surface area contributed by atoms with E-state index in [4.69, 9.17) is 9.72 Å². The molecule has 1 aromatic heterocycles. The van der Waals surface area contributed by atoms with Crippen molar-refractivity contribution in [3.8, 4) is 16.5 Å². The van der Waals surface area contributed by atoms with E-state index in [1.54, 1.807) is 25.1 Å². The zero-order valence-electron chi connectivity index (χ0n) is 20.2. The average molecular weight is 524 g/mol. The lowest BCUT2D eigenvalue weighted by Gasteiger charge is -2.21. The second kappa shape index (κ2) is 9.92. The molecule has 3 aromatic rings. The number of aromatic nitrogens is 1. The summed E-state index contributed by atoms with van der Waals surface area (Å²) in [6.07, 6.45) is 7.79. The fourth-order valence-corrected chi connectivity index (χ4v) is 7.64. The molecule has 0 spiro atoms. The lowest BCUT2D eigenvalue weighted by Crippen LogP contribution is -2.35. The Morgan fingerprint density at radius 1 is 1.17 bits per heavy atom. The highest BCUT2D eigenvalue weighted by atomic mass is 32.2. The van der Waals surface area contributed by atoms with Crippen molar-refractivity contribution in [1.82, 2.24) is 9.71 Å². The number of carbonyl (C=O) groups excluding carboxylic acids is 1. The Bertz CT molecular complexity index is 1450. The lowest BCUT2D eigenvalue weighted by molar-refractivity contribution is 0.0525. The van der Waals surface area contributed by atoms with Crippen LogP contribution in [0.1, 0.15) is 67.4 Å². The largest absolute Gasteiger partial charge is 0.461 e. The summed E-state index contributed by atoms with van der Waals surface area (Å²) in [6, 6.07) is 12.9. The fourth-order valence-electron chi connectivity index (χ4n) is 5.02. The number of fused-ring (bicyclic) bond motifs is 1. The van der Waals surface area contributed by atoms with Gasteiger partial charge in [-0.05, 0) is 43.6 Å². The molecule has 0 bridgehead atoms. The van der Waals surface area contributed by atoms with Crippen LogP contribution in [0.2, 0.25) is 0 Å². The topological polar surface area (TPSA) is 109 Å². The molecule has 0 unspecified atom stereocenters. The molecular formula is C27H29N3O4S2. The molecule has 1 N–H and O–H groups in total. The molecule has 5 rings (SSSR count). The van der Waals surface area contributed by atoms with Gasteiger partial charge in [0.1, 0.15) is 5.54 Å². The van der Waals surface area contributed by atoms with Gasteiger partial charge in [0.15, 0.2) is 0 Å². The molecule has 0 amide bonds. The Kier molecular flexibility index (Phi) is 6.86. The summed E-state index contributed by atoms with van der Waals surface area (Å²) in [4.78, 5) is 18.3. The van der Waals surface area contributed by atoms with Crippen LogP contribution in [0.5, 0.6) is 0 Å². The number of benzene rings is 2. The van der Waals surface area contributed by atoms with E-state index in [1.165, 1.54) is 30.6 Å². The molecule has 2 aliphatic rings. The zero-order chi connectivity index (χ0) is 25.3. The molecule has 1 heterocycles. The smallest absolute Gasteiger partial charge is 0.367 e. The van der Waals surface area contributed by atoms with Gasteiger partial charge < -0.3 is 4.74 Å². The van der Waals surface area contributed by atoms with Crippen molar-refractivity contribution in [3.63, 3.8) is 0 Å². The number of rotatable bonds is 8. The van der Waals surface area contributed by atoms with E-state index in [9.17, 15) is 18.5 Å². The van der Waals surface area contributed by atoms with Crippen molar-refractivity contribution in [2.24, 2.45) is 5.92 Å². The van der Waals surface area contributed by atoms with Crippen LogP contribution in [0.4, 0.5) is 0 Å². The highest BCUT2D eigenvalue weighted by Crippen LogP contribution is 2.41. The van der Waals surface area contributed by atoms with Crippen molar-refractivity contribution in [2.75, 3.05) is 6.61 Å². The number of hydrogen-bond acceptors (Lipinski definition) is 7. The maximum absolute atomic E-state index is 13.3. The average Bonchev–Trinajstić information content (AvgIpc) is 3.52. The molecule has 2 saturated carbocycles. The van der Waals surface area contributed by atoms with Crippen molar-refractivity contribution < 1.29 is 17.9 Å². The number of thiazole rings is 1. The zero-order valence-corrected chi connectivity index (χ0v) is 21.9. The molecule has 36 heavy (non-hydrogen) atoms. The first-order valence-corrected chi connectivity index (χ1v) is 14.8. The third-order valence-corrected chi connectivity index (χ3v) is 9.77. The predicted molar refractivity (Wildman–Crippen MR) is 139 cm³/mol. The standard InChI is InChI=1S/C27H29N3O4S2/c1-2-34-26(31)25-29-22(16-18-8-4-3-5-9-18)24(35-25)21-12-13-23(20-11-7-6-10-19(20)21)36(32,33)30-27(17-28)14-15-27/h6-7,10-13,18,30H,2-5,8-9,14-16H2,1H3. The van der Waals surface area contributed by atoms with Crippen LogP contribution in [-0.4, -0.2) is 31.5 Å². The fraction of sp³-hybridized carbons (Fsp3) is 0.444. The number of sulfonamides is 1. The number of nitriles is 1. The van der Waals surface area contributed by atoms with E-state index >= 15 is 0 Å². The Labute approximate surface area is 215 Å². The van der Waals surface area contributed by atoms with Crippen LogP contribution in [0.25, 0.3) is 21.2 Å². The number of hydrogen-bond donors (Lipinski definition) is 1. The van der Waals surface area contributed by atoms with E-state index in [0.717, 1.165) is 40.8 Å². The highest BCUT2D eigenvalue weighted by molar-refractivity contribution is 7.89. The molecule has 9 heteroatoms. The van der Waals surface area contributed by atoms with E-state index in [2.05, 4.69) is 10.8 Å². The van der Waals surface area contributed by atoms with Gasteiger partial charge in [-0.15, -0.1) is 11.3 Å². The first kappa shape index (κ1) is 24.9. The molecule has 0 saturated heterocycles. The molecular weight excluding hydrogens is 494 g/mol. The molecule has 188 valence electrons. The van der Waals surface area contributed by atoms with Crippen LogP contribution in [0.15, 0.2) is 41.3 Å². The summed E-state index contributed by atoms with van der Waals surface area (Å²) in [5, 5.41) is 11.1. The second-order valence-corrected chi connectivity index (χ2v) is 12.3. The van der Waals surface area contributed by atoms with E-state index in [0.29, 0.717) is 29.2 Å². The molecule has 0 atom stereocenters. The number of nitrogens with zero attached hydrogens (tertiary/aromatic N) is 2. The van der Waals surface area contributed by atoms with Gasteiger partial charge >= 0.3 is 5.97 Å². The van der Waals surface area contributed by atoms with E-state index < -0.39 is 21.5 Å². The van der Waals surface area contributed by atoms with Gasteiger partial charge in [0, 0.05) is 10.9 Å². The first-order chi connectivity index (χ1) is 17.4. The number of esters is 1. The van der Waals surface area contributed by atoms with Crippen molar-refractivity contribution in [3.05, 3.63) is 47.1 Å². The molecule has 7 nitrogen and oxygen atoms in total. The summed E-state index contributed by atoms with van der Waals surface area (Å²) < 4.78 is 34.4. The number of carbonyl (C=O) groups is 1. The molecule has 0 radical (unpaired) electrons. The number of ether oxygens (including phenoxy) is 1. The van der Waals surface area contributed by atoms with E-state index in [1.807, 2.05) is 18.2 Å². The van der Waals surface area contributed by atoms with Crippen molar-refractivity contribution in [1.29, 1.82) is 5.26 Å². The Morgan fingerprint density at radius 2 is 1.89 bits per heavy atom. The van der Waals surface area contributed by atoms with Crippen LogP contribution in [-0.2, 0) is 21.2 Å². The number of nitrogens with one attached hydrogen (secondary N) is 1. The summed E-state index contributed by atoms with van der Waals surface area (Å²) in [5.74, 6) is 0.0862. The SMILES string of the molecule is CCOC(=O)c1nc(CC2CCCCC2)c(-c2ccc(S(=O)(=O)NC3(C#N)CC3)c3ccccc23)s1. The predicted octanol–water partition coefficient (Wildman–Crippen LogP) is 5.60. The monoisotopic (exact) mass is 523 g/mol. The van der Waals surface area contributed by atoms with Crippen LogP contribution in [0, 0.1) is 17.2 Å². The Morgan fingerprint density at radius 3 is 2.56 bits per heavy atom. The van der Waals surface area contributed by atoms with Gasteiger partial charge in [0.05, 0.1) is 28.1 Å². The van der Waals surface area contributed by atoms with Gasteiger partial charge in [-0.2, -0.15) is 9.98 Å². The van der Waals surface area contributed by atoms with Gasteiger partial charge in [-0.25, -0.2) is 18.2 Å². The van der Waals surface area contributed by atoms with Crippen molar-refractivity contribution in [2.45, 2.75) is 68.7 Å². The molecule has 2 aliphatic carbocycles. The van der Waals surface area contributed by atoms with Gasteiger partial charge in [0.2, 0.25) is 15.0 Å². The minimum absolute atomic E-state index is 0.146. The minimum atomic E-state index is -3.90. The molecule has 2 aromatic carbocycles. The summed E-state index contributed by atoms with van der Waals surface area (Å²) >= 11 is 1.31. The van der Waals surface area contributed by atoms with Crippen LogP contribution >= 0.6 is 11.3 Å². The van der Waals surface area contributed by atoms with Gasteiger partial charge in [-0.3, -0.25) is 0 Å². The van der Waals surface area contributed by atoms with Gasteiger partial charge in [0.25, 0.3) is 0 Å². The van der Waals surface area contributed by atoms with Crippen molar-refractivity contribution >= 4 is 38.1 Å². The molecule has 2 fully saturated rings. The Balaban J connectivity index is 1.60. The minimum Gasteiger partial charge on any atom is -0.461 e. The highest BCUT2D eigenvalue weighted by Gasteiger charge is 2.47. The third-order valence-electron chi connectivity index (χ3n) is 7.07. The Hall–Kier alpha value is -2.80. The maximum Gasteiger partial charge on any atom is 0.367 e. The van der Waals surface area contributed by atoms with Crippen LogP contribution < -0.4 is 4.72 Å². The summed E-state index contributed by atoms with van der Waals surface area (Å²) in [5.41, 5.74) is 0.720.